The van der Waals surface area contributed by atoms with Crippen LogP contribution >= 0.6 is 0 Å². The third-order valence-corrected chi connectivity index (χ3v) is 3.44. The zero-order valence-corrected chi connectivity index (χ0v) is 10.6. The van der Waals surface area contributed by atoms with Gasteiger partial charge in [-0.25, -0.2) is 18.1 Å². The van der Waals surface area contributed by atoms with Gasteiger partial charge in [-0.3, -0.25) is 4.79 Å². The standard InChI is InChI=1S/C10H14FN3O3S/c1-2-13-18(16,17)7-6-12-10(15)8-4-3-5-9(11)14-8/h3-5,13H,2,6-7H2,1H3,(H,12,15). The summed E-state index contributed by atoms with van der Waals surface area (Å²) in [5.41, 5.74) is -0.0872. The Morgan fingerprint density at radius 1 is 1.44 bits per heavy atom. The van der Waals surface area contributed by atoms with E-state index in [-0.39, 0.29) is 18.0 Å². The van der Waals surface area contributed by atoms with Gasteiger partial charge in [-0.15, -0.1) is 0 Å². The minimum Gasteiger partial charge on any atom is -0.350 e. The molecule has 0 spiro atoms. The second-order valence-electron chi connectivity index (χ2n) is 3.42. The third kappa shape index (κ3) is 4.76. The van der Waals surface area contributed by atoms with Crippen molar-refractivity contribution in [3.05, 3.63) is 29.8 Å². The molecule has 2 N–H and O–H groups in total. The fourth-order valence-electron chi connectivity index (χ4n) is 1.22. The van der Waals surface area contributed by atoms with E-state index in [1.54, 1.807) is 6.92 Å². The summed E-state index contributed by atoms with van der Waals surface area (Å²) < 4.78 is 37.6. The molecule has 8 heteroatoms. The lowest BCUT2D eigenvalue weighted by atomic mass is 10.3. The largest absolute Gasteiger partial charge is 0.350 e. The second-order valence-corrected chi connectivity index (χ2v) is 5.34. The number of hydrogen-bond acceptors (Lipinski definition) is 4. The first kappa shape index (κ1) is 14.5. The van der Waals surface area contributed by atoms with Gasteiger partial charge in [0.25, 0.3) is 5.91 Å². The van der Waals surface area contributed by atoms with Crippen LogP contribution < -0.4 is 10.0 Å². The van der Waals surface area contributed by atoms with Crippen LogP contribution in [0.25, 0.3) is 0 Å². The molecule has 1 heterocycles. The van der Waals surface area contributed by atoms with E-state index >= 15 is 0 Å². The number of halogens is 1. The summed E-state index contributed by atoms with van der Waals surface area (Å²) in [5, 5.41) is 2.35. The molecule has 6 nitrogen and oxygen atoms in total. The predicted octanol–water partition coefficient (Wildman–Crippen LogP) is -0.110. The summed E-state index contributed by atoms with van der Waals surface area (Å²) in [6, 6.07) is 3.82. The Hall–Kier alpha value is -1.54. The van der Waals surface area contributed by atoms with Crippen molar-refractivity contribution in [2.75, 3.05) is 18.8 Å². The number of carbonyl (C=O) groups excluding carboxylic acids is 1. The highest BCUT2D eigenvalue weighted by molar-refractivity contribution is 7.89. The normalized spacial score (nSPS) is 11.2. The van der Waals surface area contributed by atoms with Gasteiger partial charge in [0.1, 0.15) is 5.69 Å². The molecule has 0 radical (unpaired) electrons. The van der Waals surface area contributed by atoms with Gasteiger partial charge in [0, 0.05) is 13.1 Å². The summed E-state index contributed by atoms with van der Waals surface area (Å²) in [6.45, 7) is 1.89. The van der Waals surface area contributed by atoms with E-state index in [4.69, 9.17) is 0 Å². The number of nitrogens with zero attached hydrogens (tertiary/aromatic N) is 1. The van der Waals surface area contributed by atoms with E-state index in [0.29, 0.717) is 6.54 Å². The fourth-order valence-corrected chi connectivity index (χ4v) is 2.17. The maximum absolute atomic E-state index is 12.7. The van der Waals surface area contributed by atoms with Crippen LogP contribution in [0.5, 0.6) is 0 Å². The predicted molar refractivity (Wildman–Crippen MR) is 64.0 cm³/mol. The SMILES string of the molecule is CCNS(=O)(=O)CCNC(=O)c1cccc(F)n1. The molecule has 1 aromatic heterocycles. The third-order valence-electron chi connectivity index (χ3n) is 1.97. The first-order valence-electron chi connectivity index (χ1n) is 5.32. The number of carbonyl (C=O) groups is 1. The van der Waals surface area contributed by atoms with Crippen molar-refractivity contribution in [3.8, 4) is 0 Å². The van der Waals surface area contributed by atoms with Crippen LogP contribution in [0.2, 0.25) is 0 Å². The first-order valence-corrected chi connectivity index (χ1v) is 6.98. The van der Waals surface area contributed by atoms with Gasteiger partial charge in [-0.2, -0.15) is 4.39 Å². The molecular formula is C10H14FN3O3S. The summed E-state index contributed by atoms with van der Waals surface area (Å²) in [6.07, 6.45) is 0. The van der Waals surface area contributed by atoms with Crippen LogP contribution in [0.3, 0.4) is 0 Å². The Morgan fingerprint density at radius 3 is 2.78 bits per heavy atom. The van der Waals surface area contributed by atoms with E-state index < -0.39 is 21.9 Å². The van der Waals surface area contributed by atoms with E-state index in [9.17, 15) is 17.6 Å². The van der Waals surface area contributed by atoms with Gasteiger partial charge < -0.3 is 5.32 Å². The Morgan fingerprint density at radius 2 is 2.17 bits per heavy atom. The van der Waals surface area contributed by atoms with Gasteiger partial charge in [-0.05, 0) is 12.1 Å². The van der Waals surface area contributed by atoms with Crippen LogP contribution in [-0.4, -0.2) is 38.2 Å². The molecule has 0 atom stereocenters. The second kappa shape index (κ2) is 6.41. The van der Waals surface area contributed by atoms with Crippen LogP contribution in [0.4, 0.5) is 4.39 Å². The maximum atomic E-state index is 12.7. The van der Waals surface area contributed by atoms with Crippen molar-refractivity contribution in [2.45, 2.75) is 6.92 Å². The van der Waals surface area contributed by atoms with Crippen LogP contribution in [0.15, 0.2) is 18.2 Å². The Bertz CT molecular complexity index is 519. The van der Waals surface area contributed by atoms with Crippen molar-refractivity contribution < 1.29 is 17.6 Å². The monoisotopic (exact) mass is 275 g/mol. The number of amides is 1. The molecule has 1 rings (SSSR count). The summed E-state index contributed by atoms with van der Waals surface area (Å²) >= 11 is 0. The van der Waals surface area contributed by atoms with Gasteiger partial charge in [0.05, 0.1) is 5.75 Å². The summed E-state index contributed by atoms with van der Waals surface area (Å²) in [5.74, 6) is -1.61. The van der Waals surface area contributed by atoms with Gasteiger partial charge in [0.15, 0.2) is 0 Å². The number of aromatic nitrogens is 1. The number of pyridine rings is 1. The molecule has 100 valence electrons. The van der Waals surface area contributed by atoms with Crippen LogP contribution in [-0.2, 0) is 10.0 Å². The number of hydrogen-bond donors (Lipinski definition) is 2. The topological polar surface area (TPSA) is 88.2 Å². The molecule has 0 saturated heterocycles. The molecule has 18 heavy (non-hydrogen) atoms. The average Bonchev–Trinajstić information content (AvgIpc) is 2.28. The highest BCUT2D eigenvalue weighted by atomic mass is 32.2. The van der Waals surface area contributed by atoms with Gasteiger partial charge in [0.2, 0.25) is 16.0 Å². The van der Waals surface area contributed by atoms with Gasteiger partial charge in [-0.1, -0.05) is 13.0 Å². The molecule has 1 amide bonds. The van der Waals surface area contributed by atoms with E-state index in [2.05, 4.69) is 15.0 Å². The minimum atomic E-state index is -3.38. The fraction of sp³-hybridized carbons (Fsp3) is 0.400. The molecule has 0 unspecified atom stereocenters. The molecule has 0 aromatic carbocycles. The molecule has 1 aromatic rings. The molecule has 0 bridgehead atoms. The molecule has 0 fully saturated rings. The zero-order valence-electron chi connectivity index (χ0n) is 9.81. The Kier molecular flexibility index (Phi) is 5.17. The van der Waals surface area contributed by atoms with Crippen molar-refractivity contribution >= 4 is 15.9 Å². The van der Waals surface area contributed by atoms with E-state index in [1.165, 1.54) is 12.1 Å². The molecular weight excluding hydrogens is 261 g/mol. The number of sulfonamides is 1. The first-order chi connectivity index (χ1) is 8.44. The van der Waals surface area contributed by atoms with Crippen molar-refractivity contribution in [3.63, 3.8) is 0 Å². The number of nitrogens with one attached hydrogen (secondary N) is 2. The molecule has 0 aliphatic carbocycles. The lowest BCUT2D eigenvalue weighted by Gasteiger charge is -2.06. The highest BCUT2D eigenvalue weighted by Crippen LogP contribution is 1.97. The molecule has 0 aliphatic rings. The highest BCUT2D eigenvalue weighted by Gasteiger charge is 2.11. The average molecular weight is 275 g/mol. The summed E-state index contributed by atoms with van der Waals surface area (Å²) in [7, 11) is -3.38. The number of rotatable bonds is 6. The van der Waals surface area contributed by atoms with Gasteiger partial charge >= 0.3 is 0 Å². The maximum Gasteiger partial charge on any atom is 0.270 e. The van der Waals surface area contributed by atoms with Crippen LogP contribution in [0.1, 0.15) is 17.4 Å². The molecule has 0 aliphatic heterocycles. The van der Waals surface area contributed by atoms with E-state index in [1.807, 2.05) is 0 Å². The Labute approximate surface area is 105 Å². The van der Waals surface area contributed by atoms with Crippen molar-refractivity contribution in [2.24, 2.45) is 0 Å². The van der Waals surface area contributed by atoms with Crippen LogP contribution in [0, 0.1) is 5.95 Å². The summed E-state index contributed by atoms with van der Waals surface area (Å²) in [4.78, 5) is 14.9. The smallest absolute Gasteiger partial charge is 0.270 e. The minimum absolute atomic E-state index is 0.0631. The van der Waals surface area contributed by atoms with Crippen molar-refractivity contribution in [1.29, 1.82) is 0 Å². The van der Waals surface area contributed by atoms with Crippen molar-refractivity contribution in [1.82, 2.24) is 15.0 Å². The Balaban J connectivity index is 2.48. The molecule has 0 saturated carbocycles. The van der Waals surface area contributed by atoms with E-state index in [0.717, 1.165) is 6.07 Å². The quantitative estimate of drug-likeness (QED) is 0.709. The lowest BCUT2D eigenvalue weighted by molar-refractivity contribution is 0.0950. The zero-order chi connectivity index (χ0) is 13.6. The lowest BCUT2D eigenvalue weighted by Crippen LogP contribution is -2.34.